The zero-order chi connectivity index (χ0) is 27.7. The van der Waals surface area contributed by atoms with Gasteiger partial charge in [0, 0.05) is 18.9 Å². The number of hydrogen-bond acceptors (Lipinski definition) is 6. The summed E-state index contributed by atoms with van der Waals surface area (Å²) in [4.78, 5) is 31.3. The number of aromatic nitrogens is 3. The van der Waals surface area contributed by atoms with Gasteiger partial charge in [-0.15, -0.1) is 12.4 Å². The highest BCUT2D eigenvalue weighted by Gasteiger charge is 2.37. The van der Waals surface area contributed by atoms with Gasteiger partial charge in [-0.05, 0) is 54.8 Å². The third-order valence-corrected chi connectivity index (χ3v) is 7.20. The molecule has 2 aromatic heterocycles. The van der Waals surface area contributed by atoms with Crippen molar-refractivity contribution in [2.45, 2.75) is 19.9 Å². The van der Waals surface area contributed by atoms with E-state index in [1.54, 1.807) is 72.7 Å². The summed E-state index contributed by atoms with van der Waals surface area (Å²) >= 11 is 0. The van der Waals surface area contributed by atoms with Crippen LogP contribution in [0.2, 0.25) is 0 Å². The first-order valence-corrected chi connectivity index (χ1v) is 13.9. The van der Waals surface area contributed by atoms with Gasteiger partial charge >= 0.3 is 0 Å². The molecule has 40 heavy (non-hydrogen) atoms. The third-order valence-electron chi connectivity index (χ3n) is 5.82. The minimum Gasteiger partial charge on any atom is -0.356 e. The number of carbonyl (C=O) groups excluding carboxylic acids is 2. The molecule has 0 radical (unpaired) electrons. The smallest absolute Gasteiger partial charge is 0.264 e. The lowest BCUT2D eigenvalue weighted by Gasteiger charge is -2.25. The van der Waals surface area contributed by atoms with E-state index in [-0.39, 0.29) is 31.1 Å². The largest absolute Gasteiger partial charge is 0.356 e. The number of nitrogens with zero attached hydrogens (tertiary/aromatic N) is 4. The van der Waals surface area contributed by atoms with Crippen molar-refractivity contribution in [1.29, 1.82) is 0 Å². The lowest BCUT2D eigenvalue weighted by molar-refractivity contribution is -0.133. The number of sulfonamides is 1. The van der Waals surface area contributed by atoms with Crippen molar-refractivity contribution >= 4 is 46.0 Å². The molecule has 0 fully saturated rings. The quantitative estimate of drug-likeness (QED) is 0.268. The normalized spacial score (nSPS) is 11.9. The molecule has 1 N–H and O–H groups in total. The first-order valence-electron chi connectivity index (χ1n) is 12.4. The molecule has 4 aromatic rings. The van der Waals surface area contributed by atoms with Crippen LogP contribution in [0.4, 0.5) is 5.69 Å². The number of carbonyl (C=O) groups is 2. The van der Waals surface area contributed by atoms with Gasteiger partial charge in [0.05, 0.1) is 29.5 Å². The van der Waals surface area contributed by atoms with Gasteiger partial charge < -0.3 is 5.32 Å². The number of pyridine rings is 1. The Morgan fingerprint density at radius 1 is 1.00 bits per heavy atom. The number of benzene rings is 2. The Bertz CT molecular complexity index is 1530. The van der Waals surface area contributed by atoms with Crippen LogP contribution >= 0.6 is 12.4 Å². The summed E-state index contributed by atoms with van der Waals surface area (Å²) in [6, 6.07) is 22.5. The van der Waals surface area contributed by atoms with E-state index in [0.717, 1.165) is 11.1 Å². The Hall–Kier alpha value is -4.28. The van der Waals surface area contributed by atoms with E-state index in [1.165, 1.54) is 18.2 Å². The summed E-state index contributed by atoms with van der Waals surface area (Å²) < 4.78 is 29.5. The van der Waals surface area contributed by atoms with Crippen LogP contribution in [0.1, 0.15) is 23.7 Å². The summed E-state index contributed by atoms with van der Waals surface area (Å²) in [6.45, 7) is 2.43. The van der Waals surface area contributed by atoms with Crippen molar-refractivity contribution in [1.82, 2.24) is 20.1 Å². The predicted molar refractivity (Wildman–Crippen MR) is 157 cm³/mol. The fraction of sp³-hybridized carbons (Fsp3) is 0.172. The molecule has 9 nitrogen and oxygen atoms in total. The maximum atomic E-state index is 13.9. The molecule has 2 aromatic carbocycles. The Morgan fingerprint density at radius 3 is 2.33 bits per heavy atom. The predicted octanol–water partition coefficient (Wildman–Crippen LogP) is 4.08. The average molecular weight is 580 g/mol. The van der Waals surface area contributed by atoms with Gasteiger partial charge in [-0.25, -0.2) is 12.7 Å². The zero-order valence-electron chi connectivity index (χ0n) is 21.8. The van der Waals surface area contributed by atoms with E-state index in [4.69, 9.17) is 0 Å². The second kappa shape index (κ2) is 14.2. The highest BCUT2D eigenvalue weighted by Crippen LogP contribution is 2.24. The molecule has 0 saturated heterocycles. The molecule has 1 atom stereocenters. The second-order valence-corrected chi connectivity index (χ2v) is 10.4. The number of para-hydroxylation sites is 1. The number of halogens is 1. The van der Waals surface area contributed by atoms with Crippen molar-refractivity contribution in [3.63, 3.8) is 0 Å². The van der Waals surface area contributed by atoms with Gasteiger partial charge in [-0.1, -0.05) is 54.6 Å². The fourth-order valence-electron chi connectivity index (χ4n) is 3.98. The summed E-state index contributed by atoms with van der Waals surface area (Å²) in [5.74, 6) is -2.73. The number of amides is 2. The van der Waals surface area contributed by atoms with E-state index in [9.17, 15) is 18.0 Å². The van der Waals surface area contributed by atoms with Crippen LogP contribution in [0.5, 0.6) is 0 Å². The van der Waals surface area contributed by atoms with E-state index < -0.39 is 27.8 Å². The molecule has 0 spiro atoms. The summed E-state index contributed by atoms with van der Waals surface area (Å²) in [6.07, 6.45) is 6.37. The van der Waals surface area contributed by atoms with Crippen LogP contribution in [0.25, 0.3) is 6.08 Å². The molecule has 11 heteroatoms. The molecule has 2 amide bonds. The van der Waals surface area contributed by atoms with Crippen molar-refractivity contribution < 1.29 is 18.0 Å². The molecule has 0 bridgehead atoms. The van der Waals surface area contributed by atoms with Gasteiger partial charge in [0.25, 0.3) is 15.9 Å². The van der Waals surface area contributed by atoms with Gasteiger partial charge in [-0.3, -0.25) is 19.3 Å². The van der Waals surface area contributed by atoms with Crippen LogP contribution < -0.4 is 9.62 Å². The first-order chi connectivity index (χ1) is 18.9. The molecule has 0 saturated carbocycles. The Morgan fingerprint density at radius 2 is 1.68 bits per heavy atom. The van der Waals surface area contributed by atoms with Crippen LogP contribution in [-0.2, 0) is 32.6 Å². The Balaban J connectivity index is 0.00000441. The molecular formula is C29H30ClN5O4S. The molecule has 0 aliphatic rings. The van der Waals surface area contributed by atoms with Gasteiger partial charge in [0.1, 0.15) is 5.92 Å². The number of rotatable bonds is 11. The summed E-state index contributed by atoms with van der Waals surface area (Å²) in [5, 5.41) is 7.99. The van der Waals surface area contributed by atoms with Gasteiger partial charge in [0.2, 0.25) is 5.91 Å². The third kappa shape index (κ3) is 7.87. The SMILES string of the molecule is CCNC(=O)C(Cc1cnn(Cc2ccccn2)c1)C(=O)N(c1ccccc1)S(=O)(=O)/C=C/c1ccccc1.Cl. The van der Waals surface area contributed by atoms with Crippen molar-refractivity contribution in [2.24, 2.45) is 5.92 Å². The minimum absolute atomic E-state index is 0. The molecule has 0 aliphatic heterocycles. The Labute approximate surface area is 240 Å². The number of anilines is 1. The number of hydrogen-bond donors (Lipinski definition) is 1. The average Bonchev–Trinajstić information content (AvgIpc) is 3.39. The van der Waals surface area contributed by atoms with Gasteiger partial charge in [-0.2, -0.15) is 5.10 Å². The second-order valence-electron chi connectivity index (χ2n) is 8.72. The minimum atomic E-state index is -4.30. The molecule has 4 rings (SSSR count). The first kappa shape index (κ1) is 30.3. The topological polar surface area (TPSA) is 114 Å². The number of nitrogens with one attached hydrogen (secondary N) is 1. The summed E-state index contributed by atoms with van der Waals surface area (Å²) in [5.41, 5.74) is 2.21. The van der Waals surface area contributed by atoms with Crippen LogP contribution in [0.15, 0.2) is 103 Å². The molecular weight excluding hydrogens is 550 g/mol. The van der Waals surface area contributed by atoms with Crippen LogP contribution in [0.3, 0.4) is 0 Å². The standard InChI is InChI=1S/C29H29N5O4S.ClH/c1-2-30-28(35)27(19-24-20-32-33(21-24)22-25-13-9-10-17-31-25)29(36)34(26-14-7-4-8-15-26)39(37,38)18-16-23-11-5-3-6-12-23;/h3-18,20-21,27H,2,19,22H2,1H3,(H,30,35);1H/b18-16+;. The zero-order valence-corrected chi connectivity index (χ0v) is 23.5. The summed E-state index contributed by atoms with van der Waals surface area (Å²) in [7, 11) is -4.30. The molecule has 1 unspecified atom stereocenters. The molecule has 2 heterocycles. The highest BCUT2D eigenvalue weighted by molar-refractivity contribution is 7.96. The van der Waals surface area contributed by atoms with E-state index in [1.807, 2.05) is 24.3 Å². The van der Waals surface area contributed by atoms with Crippen molar-refractivity contribution in [2.75, 3.05) is 10.8 Å². The Kier molecular flexibility index (Phi) is 10.7. The van der Waals surface area contributed by atoms with E-state index in [0.29, 0.717) is 22.0 Å². The van der Waals surface area contributed by atoms with Gasteiger partial charge in [0.15, 0.2) is 0 Å². The fourth-order valence-corrected chi connectivity index (χ4v) is 5.22. The van der Waals surface area contributed by atoms with Crippen LogP contribution in [0, 0.1) is 5.92 Å². The maximum Gasteiger partial charge on any atom is 0.264 e. The molecule has 0 aliphatic carbocycles. The van der Waals surface area contributed by atoms with E-state index >= 15 is 0 Å². The van der Waals surface area contributed by atoms with Crippen LogP contribution in [-0.4, -0.2) is 41.5 Å². The lowest BCUT2D eigenvalue weighted by atomic mass is 9.99. The van der Waals surface area contributed by atoms with Crippen molar-refractivity contribution in [3.8, 4) is 0 Å². The molecule has 208 valence electrons. The lowest BCUT2D eigenvalue weighted by Crippen LogP contribution is -2.46. The van der Waals surface area contributed by atoms with E-state index in [2.05, 4.69) is 15.4 Å². The maximum absolute atomic E-state index is 13.9. The highest BCUT2D eigenvalue weighted by atomic mass is 35.5. The monoisotopic (exact) mass is 579 g/mol. The van der Waals surface area contributed by atoms with Crippen molar-refractivity contribution in [3.05, 3.63) is 120 Å².